The van der Waals surface area contributed by atoms with Gasteiger partial charge in [0.2, 0.25) is 5.91 Å². The fourth-order valence-corrected chi connectivity index (χ4v) is 10.1. The molecule has 1 aliphatic heterocycles. The molecule has 9 nitrogen and oxygen atoms in total. The van der Waals surface area contributed by atoms with E-state index in [1.807, 2.05) is 6.08 Å². The summed E-state index contributed by atoms with van der Waals surface area (Å²) in [6, 6.07) is -0.830. The Bertz CT molecular complexity index is 1440. The second-order valence-electron chi connectivity index (χ2n) is 22.5. The number of aliphatic hydroxyl groups is 5. The fourth-order valence-electron chi connectivity index (χ4n) is 10.1. The van der Waals surface area contributed by atoms with E-state index in [2.05, 4.69) is 79.9 Å². The molecule has 7 atom stereocenters. The highest BCUT2D eigenvalue weighted by atomic mass is 16.7. The van der Waals surface area contributed by atoms with E-state index >= 15 is 0 Å². The summed E-state index contributed by atoms with van der Waals surface area (Å²) in [5.41, 5.74) is 0. The Morgan fingerprint density at radius 1 is 0.442 bits per heavy atom. The first-order valence-electron chi connectivity index (χ1n) is 32.7. The van der Waals surface area contributed by atoms with E-state index < -0.39 is 49.5 Å². The highest BCUT2D eigenvalue weighted by Gasteiger charge is 2.44. The Kier molecular flexibility index (Phi) is 53.7. The van der Waals surface area contributed by atoms with Crippen molar-refractivity contribution in [3.05, 3.63) is 72.9 Å². The highest BCUT2D eigenvalue weighted by molar-refractivity contribution is 5.76. The largest absolute Gasteiger partial charge is 0.394 e. The Morgan fingerprint density at radius 2 is 0.779 bits per heavy atom. The van der Waals surface area contributed by atoms with Crippen molar-refractivity contribution in [3.63, 3.8) is 0 Å². The molecule has 77 heavy (non-hydrogen) atoms. The summed E-state index contributed by atoms with van der Waals surface area (Å²) in [6.45, 7) is 3.76. The maximum absolute atomic E-state index is 13.1. The molecule has 0 bridgehead atoms. The molecule has 1 fully saturated rings. The zero-order chi connectivity index (χ0) is 55.8. The first kappa shape index (κ1) is 72.6. The van der Waals surface area contributed by atoms with Crippen LogP contribution in [0, 0.1) is 0 Å². The first-order valence-corrected chi connectivity index (χ1v) is 32.7. The van der Waals surface area contributed by atoms with Gasteiger partial charge < -0.3 is 40.3 Å². The topological polar surface area (TPSA) is 149 Å². The molecule has 0 aromatic heterocycles. The molecule has 0 saturated carbocycles. The van der Waals surface area contributed by atoms with Crippen LogP contribution in [0.25, 0.3) is 0 Å². The maximum atomic E-state index is 13.1. The number of hydrogen-bond acceptors (Lipinski definition) is 8. The van der Waals surface area contributed by atoms with Crippen LogP contribution >= 0.6 is 0 Å². The highest BCUT2D eigenvalue weighted by Crippen LogP contribution is 2.23. The van der Waals surface area contributed by atoms with Crippen LogP contribution in [0.5, 0.6) is 0 Å². The van der Waals surface area contributed by atoms with Crippen molar-refractivity contribution in [1.82, 2.24) is 5.32 Å². The molecular formula is C68H123NO8. The molecule has 1 rings (SSSR count). The molecule has 1 saturated heterocycles. The van der Waals surface area contributed by atoms with Gasteiger partial charge in [0, 0.05) is 6.42 Å². The van der Waals surface area contributed by atoms with Gasteiger partial charge in [0.15, 0.2) is 6.29 Å². The van der Waals surface area contributed by atoms with Crippen LogP contribution in [0.4, 0.5) is 0 Å². The third-order valence-corrected chi connectivity index (χ3v) is 15.2. The minimum Gasteiger partial charge on any atom is -0.394 e. The van der Waals surface area contributed by atoms with E-state index in [4.69, 9.17) is 9.47 Å². The van der Waals surface area contributed by atoms with Crippen LogP contribution in [0.1, 0.15) is 296 Å². The molecule has 448 valence electrons. The van der Waals surface area contributed by atoms with E-state index in [1.165, 1.54) is 218 Å². The van der Waals surface area contributed by atoms with Crippen LogP contribution in [0.2, 0.25) is 0 Å². The van der Waals surface area contributed by atoms with Gasteiger partial charge in [-0.25, -0.2) is 0 Å². The minimum absolute atomic E-state index is 0.188. The van der Waals surface area contributed by atoms with Crippen molar-refractivity contribution in [2.45, 2.75) is 339 Å². The van der Waals surface area contributed by atoms with Crippen LogP contribution in [0.3, 0.4) is 0 Å². The lowest BCUT2D eigenvalue weighted by atomic mass is 9.99. The summed E-state index contributed by atoms with van der Waals surface area (Å²) in [7, 11) is 0. The van der Waals surface area contributed by atoms with E-state index in [1.54, 1.807) is 6.08 Å². The molecule has 0 aliphatic carbocycles. The Labute approximate surface area is 474 Å². The summed E-state index contributed by atoms with van der Waals surface area (Å²) in [5.74, 6) is -0.188. The number of rotatable bonds is 56. The Hall–Kier alpha value is -2.37. The predicted octanol–water partition coefficient (Wildman–Crippen LogP) is 17.2. The van der Waals surface area contributed by atoms with Crippen LogP contribution in [0.15, 0.2) is 72.9 Å². The molecule has 9 heteroatoms. The monoisotopic (exact) mass is 1080 g/mol. The van der Waals surface area contributed by atoms with E-state index in [9.17, 15) is 30.3 Å². The van der Waals surface area contributed by atoms with Gasteiger partial charge in [-0.2, -0.15) is 0 Å². The maximum Gasteiger partial charge on any atom is 0.220 e. The summed E-state index contributed by atoms with van der Waals surface area (Å²) >= 11 is 0. The van der Waals surface area contributed by atoms with E-state index in [0.717, 1.165) is 57.8 Å². The average Bonchev–Trinajstić information content (AvgIpc) is 3.43. The third kappa shape index (κ3) is 46.0. The van der Waals surface area contributed by atoms with Gasteiger partial charge in [0.25, 0.3) is 0 Å². The number of carbonyl (C=O) groups excluding carboxylic acids is 1. The first-order chi connectivity index (χ1) is 37.8. The van der Waals surface area contributed by atoms with Crippen LogP contribution in [-0.4, -0.2) is 87.5 Å². The quantitative estimate of drug-likeness (QED) is 0.0261. The van der Waals surface area contributed by atoms with Crippen molar-refractivity contribution >= 4 is 5.91 Å². The summed E-state index contributed by atoms with van der Waals surface area (Å²) in [4.78, 5) is 13.1. The molecule has 0 spiro atoms. The lowest BCUT2D eigenvalue weighted by Crippen LogP contribution is -2.60. The SMILES string of the molecule is CCCCCCC/C=C\C/C=C\C/C=C\CCCCCCCCCCCCCCCCCCCCCCC(=O)NC(COC1OC(CO)C(O)C(O)C1O)C(O)/C=C/CC/C=C/CC/C=C/CCCCCCCCCCC. The van der Waals surface area contributed by atoms with E-state index in [-0.39, 0.29) is 12.5 Å². The molecule has 0 radical (unpaired) electrons. The van der Waals surface area contributed by atoms with Gasteiger partial charge in [-0.3, -0.25) is 4.79 Å². The normalized spacial score (nSPS) is 19.2. The Balaban J connectivity index is 2.14. The number of amides is 1. The molecule has 1 aliphatic rings. The molecule has 7 unspecified atom stereocenters. The Morgan fingerprint density at radius 3 is 1.18 bits per heavy atom. The van der Waals surface area contributed by atoms with Gasteiger partial charge in [-0.15, -0.1) is 0 Å². The molecule has 0 aromatic carbocycles. The number of ether oxygens (including phenoxy) is 2. The van der Waals surface area contributed by atoms with Gasteiger partial charge in [-0.05, 0) is 83.5 Å². The number of allylic oxidation sites excluding steroid dienone is 11. The third-order valence-electron chi connectivity index (χ3n) is 15.2. The van der Waals surface area contributed by atoms with Crippen LogP contribution < -0.4 is 5.32 Å². The number of aliphatic hydroxyl groups excluding tert-OH is 5. The molecule has 1 amide bonds. The van der Waals surface area contributed by atoms with Gasteiger partial charge in [0.05, 0.1) is 25.4 Å². The van der Waals surface area contributed by atoms with Crippen molar-refractivity contribution in [2.24, 2.45) is 0 Å². The average molecular weight is 1080 g/mol. The standard InChI is InChI=1S/C68H123NO8/c1-3-5-7-9-11-13-15-17-19-21-23-24-25-26-27-28-29-30-31-32-33-34-35-36-37-38-40-42-44-46-48-50-52-54-56-58-64(72)69-61(60-76-68-67(75)66(74)65(73)63(59-70)77-68)62(71)57-55-53-51-49-47-45-43-41-39-22-20-18-16-14-12-10-8-6-4-2/h15,17,21,23,25-26,39,41,47,49,55,57,61-63,65-68,70-71,73-75H,3-14,16,18-20,22,24,27-38,40,42-46,48,50-54,56,58-60H2,1-2H3,(H,69,72)/b17-15-,23-21-,26-25-,41-39+,49-47+,57-55+. The lowest BCUT2D eigenvalue weighted by molar-refractivity contribution is -0.302. The summed E-state index contributed by atoms with van der Waals surface area (Å²) in [5, 5.41) is 54.6. The van der Waals surface area contributed by atoms with Gasteiger partial charge >= 0.3 is 0 Å². The van der Waals surface area contributed by atoms with E-state index in [0.29, 0.717) is 6.42 Å². The minimum atomic E-state index is -1.58. The zero-order valence-electron chi connectivity index (χ0n) is 50.0. The number of nitrogens with one attached hydrogen (secondary N) is 1. The summed E-state index contributed by atoms with van der Waals surface area (Å²) in [6.07, 6.45) is 72.8. The van der Waals surface area contributed by atoms with Crippen molar-refractivity contribution < 1.29 is 39.8 Å². The second-order valence-corrected chi connectivity index (χ2v) is 22.5. The second kappa shape index (κ2) is 56.9. The molecule has 6 N–H and O–H groups in total. The molecule has 1 heterocycles. The summed E-state index contributed by atoms with van der Waals surface area (Å²) < 4.78 is 11.3. The van der Waals surface area contributed by atoms with Crippen molar-refractivity contribution in [3.8, 4) is 0 Å². The molecular weight excluding hydrogens is 959 g/mol. The van der Waals surface area contributed by atoms with Crippen molar-refractivity contribution in [1.29, 1.82) is 0 Å². The predicted molar refractivity (Wildman–Crippen MR) is 327 cm³/mol. The van der Waals surface area contributed by atoms with Crippen LogP contribution in [-0.2, 0) is 14.3 Å². The lowest BCUT2D eigenvalue weighted by Gasteiger charge is -2.40. The van der Waals surface area contributed by atoms with Gasteiger partial charge in [0.1, 0.15) is 24.4 Å². The molecule has 0 aromatic rings. The smallest absolute Gasteiger partial charge is 0.220 e. The van der Waals surface area contributed by atoms with Crippen molar-refractivity contribution in [2.75, 3.05) is 13.2 Å². The fraction of sp³-hybridized carbons (Fsp3) is 0.809. The number of carbonyl (C=O) groups is 1. The number of unbranched alkanes of at least 4 members (excludes halogenated alkanes) is 36. The van der Waals surface area contributed by atoms with Gasteiger partial charge in [-0.1, -0.05) is 279 Å². The number of hydrogen-bond donors (Lipinski definition) is 6. The zero-order valence-corrected chi connectivity index (χ0v) is 50.0.